The molecule has 0 aromatic carbocycles. The molecule has 0 fully saturated rings. The lowest BCUT2D eigenvalue weighted by Gasteiger charge is -2.14. The highest BCUT2D eigenvalue weighted by Gasteiger charge is 2.15. The third kappa shape index (κ3) is 6.96. The summed E-state index contributed by atoms with van der Waals surface area (Å²) < 4.78 is 0. The fraction of sp³-hybridized carbons (Fsp3) is 0.833. The molecule has 0 heterocycles. The van der Waals surface area contributed by atoms with E-state index in [0.717, 1.165) is 32.1 Å². The number of nitriles is 1. The van der Waals surface area contributed by atoms with Crippen LogP contribution >= 0.6 is 0 Å². The predicted molar refractivity (Wildman–Crippen MR) is 61.2 cm³/mol. The summed E-state index contributed by atoms with van der Waals surface area (Å²) in [6.45, 7) is 4.84. The molecule has 0 rings (SSSR count). The second-order valence-corrected chi connectivity index (χ2v) is 3.83. The molecule has 0 aliphatic carbocycles. The van der Waals surface area contributed by atoms with Crippen molar-refractivity contribution in [2.24, 2.45) is 5.92 Å². The lowest BCUT2D eigenvalue weighted by Crippen LogP contribution is -2.31. The van der Waals surface area contributed by atoms with Gasteiger partial charge in [0.05, 0.1) is 6.07 Å². The maximum atomic E-state index is 11.7. The van der Waals surface area contributed by atoms with E-state index in [1.165, 1.54) is 0 Å². The van der Waals surface area contributed by atoms with Crippen LogP contribution in [0.25, 0.3) is 0 Å². The fourth-order valence-corrected chi connectivity index (χ4v) is 1.63. The van der Waals surface area contributed by atoms with Gasteiger partial charge in [-0.1, -0.05) is 26.7 Å². The Labute approximate surface area is 92.9 Å². The summed E-state index contributed by atoms with van der Waals surface area (Å²) >= 11 is 0. The zero-order valence-corrected chi connectivity index (χ0v) is 9.88. The minimum absolute atomic E-state index is 0.164. The van der Waals surface area contributed by atoms with Crippen LogP contribution in [-0.4, -0.2) is 12.5 Å². The summed E-state index contributed by atoms with van der Waals surface area (Å²) in [5, 5.41) is 11.2. The average Bonchev–Trinajstić information content (AvgIpc) is 2.24. The van der Waals surface area contributed by atoms with Crippen LogP contribution in [0.4, 0.5) is 0 Å². The molecule has 0 saturated heterocycles. The molecule has 3 nitrogen and oxygen atoms in total. The highest BCUT2D eigenvalue weighted by Crippen LogP contribution is 2.13. The third-order valence-electron chi connectivity index (χ3n) is 2.41. The lowest BCUT2D eigenvalue weighted by atomic mass is 9.97. The summed E-state index contributed by atoms with van der Waals surface area (Å²) in [5.74, 6) is 0.332. The first-order chi connectivity index (χ1) is 7.26. The number of carbonyl (C=O) groups excluding carboxylic acids is 1. The van der Waals surface area contributed by atoms with E-state index in [2.05, 4.69) is 25.2 Å². The molecule has 1 amide bonds. The Morgan fingerprint density at radius 3 is 2.40 bits per heavy atom. The standard InChI is InChI=1S/C12H22N2O/c1-3-7-11(8-4-2)12(15)14-10-6-5-9-13/h11H,3-8,10H2,1-2H3,(H,14,15). The van der Waals surface area contributed by atoms with Crippen molar-refractivity contribution >= 4 is 5.91 Å². The van der Waals surface area contributed by atoms with E-state index in [9.17, 15) is 4.79 Å². The summed E-state index contributed by atoms with van der Waals surface area (Å²) in [6, 6.07) is 2.07. The van der Waals surface area contributed by atoms with Gasteiger partial charge in [0, 0.05) is 18.9 Å². The van der Waals surface area contributed by atoms with E-state index in [1.54, 1.807) is 0 Å². The molecule has 0 spiro atoms. The zero-order chi connectivity index (χ0) is 11.5. The normalized spacial score (nSPS) is 10.0. The van der Waals surface area contributed by atoms with Gasteiger partial charge in [-0.05, 0) is 19.3 Å². The molecule has 0 aromatic heterocycles. The van der Waals surface area contributed by atoms with E-state index in [4.69, 9.17) is 5.26 Å². The number of nitrogens with zero attached hydrogens (tertiary/aromatic N) is 1. The topological polar surface area (TPSA) is 52.9 Å². The molecule has 86 valence electrons. The molecule has 0 radical (unpaired) electrons. The SMILES string of the molecule is CCCC(CCC)C(=O)NCCCC#N. The van der Waals surface area contributed by atoms with Crippen LogP contribution in [0.1, 0.15) is 52.4 Å². The Morgan fingerprint density at radius 2 is 1.93 bits per heavy atom. The van der Waals surface area contributed by atoms with E-state index < -0.39 is 0 Å². The fourth-order valence-electron chi connectivity index (χ4n) is 1.63. The Bertz CT molecular complexity index is 202. The third-order valence-corrected chi connectivity index (χ3v) is 2.41. The van der Waals surface area contributed by atoms with E-state index in [0.29, 0.717) is 13.0 Å². The first kappa shape index (κ1) is 14.0. The van der Waals surface area contributed by atoms with Gasteiger partial charge in [0.15, 0.2) is 0 Å². The second-order valence-electron chi connectivity index (χ2n) is 3.83. The first-order valence-corrected chi connectivity index (χ1v) is 5.90. The quantitative estimate of drug-likeness (QED) is 0.626. The number of unbranched alkanes of at least 4 members (excludes halogenated alkanes) is 1. The Kier molecular flexibility index (Phi) is 8.85. The van der Waals surface area contributed by atoms with E-state index >= 15 is 0 Å². The number of carbonyl (C=O) groups is 1. The van der Waals surface area contributed by atoms with Crippen LogP contribution in [0.3, 0.4) is 0 Å². The van der Waals surface area contributed by atoms with Gasteiger partial charge in [-0.25, -0.2) is 0 Å². The number of hydrogen-bond donors (Lipinski definition) is 1. The molecular weight excluding hydrogens is 188 g/mol. The van der Waals surface area contributed by atoms with Crippen LogP contribution in [0, 0.1) is 17.2 Å². The summed E-state index contributed by atoms with van der Waals surface area (Å²) in [5.41, 5.74) is 0. The van der Waals surface area contributed by atoms with Crippen molar-refractivity contribution in [1.29, 1.82) is 5.26 Å². The summed E-state index contributed by atoms with van der Waals surface area (Å²) in [6.07, 6.45) is 5.32. The predicted octanol–water partition coefficient (Wildman–Crippen LogP) is 2.62. The van der Waals surface area contributed by atoms with Gasteiger partial charge in [-0.15, -0.1) is 0 Å². The maximum Gasteiger partial charge on any atom is 0.223 e. The Hall–Kier alpha value is -1.04. The van der Waals surface area contributed by atoms with Crippen LogP contribution in [0.15, 0.2) is 0 Å². The van der Waals surface area contributed by atoms with Gasteiger partial charge < -0.3 is 5.32 Å². The number of nitrogens with one attached hydrogen (secondary N) is 1. The first-order valence-electron chi connectivity index (χ1n) is 5.90. The van der Waals surface area contributed by atoms with Crippen molar-refractivity contribution in [3.8, 4) is 6.07 Å². The van der Waals surface area contributed by atoms with Crippen molar-refractivity contribution in [1.82, 2.24) is 5.32 Å². The van der Waals surface area contributed by atoms with Crippen molar-refractivity contribution in [2.75, 3.05) is 6.54 Å². The summed E-state index contributed by atoms with van der Waals surface area (Å²) in [4.78, 5) is 11.7. The van der Waals surface area contributed by atoms with Crippen LogP contribution < -0.4 is 5.32 Å². The second kappa shape index (κ2) is 9.51. The van der Waals surface area contributed by atoms with Gasteiger partial charge in [-0.3, -0.25) is 4.79 Å². The Morgan fingerprint density at radius 1 is 1.33 bits per heavy atom. The molecule has 0 aliphatic rings. The molecule has 15 heavy (non-hydrogen) atoms. The van der Waals surface area contributed by atoms with Crippen LogP contribution in [-0.2, 0) is 4.79 Å². The minimum Gasteiger partial charge on any atom is -0.356 e. The maximum absolute atomic E-state index is 11.7. The van der Waals surface area contributed by atoms with E-state index in [-0.39, 0.29) is 11.8 Å². The lowest BCUT2D eigenvalue weighted by molar-refractivity contribution is -0.125. The average molecular weight is 210 g/mol. The molecule has 1 N–H and O–H groups in total. The van der Waals surface area contributed by atoms with Crippen molar-refractivity contribution < 1.29 is 4.79 Å². The Balaban J connectivity index is 3.76. The van der Waals surface area contributed by atoms with Crippen LogP contribution in [0.2, 0.25) is 0 Å². The number of hydrogen-bond acceptors (Lipinski definition) is 2. The van der Waals surface area contributed by atoms with Gasteiger partial charge in [0.2, 0.25) is 5.91 Å². The molecule has 0 atom stereocenters. The van der Waals surface area contributed by atoms with Gasteiger partial charge in [-0.2, -0.15) is 5.26 Å². The van der Waals surface area contributed by atoms with Crippen LogP contribution in [0.5, 0.6) is 0 Å². The largest absolute Gasteiger partial charge is 0.356 e. The number of rotatable bonds is 8. The monoisotopic (exact) mass is 210 g/mol. The van der Waals surface area contributed by atoms with Gasteiger partial charge in [0.25, 0.3) is 0 Å². The van der Waals surface area contributed by atoms with E-state index in [1.807, 2.05) is 0 Å². The van der Waals surface area contributed by atoms with Crippen molar-refractivity contribution in [3.63, 3.8) is 0 Å². The highest BCUT2D eigenvalue weighted by atomic mass is 16.1. The smallest absolute Gasteiger partial charge is 0.223 e. The van der Waals surface area contributed by atoms with Crippen molar-refractivity contribution in [2.45, 2.75) is 52.4 Å². The molecule has 0 saturated carbocycles. The van der Waals surface area contributed by atoms with Gasteiger partial charge >= 0.3 is 0 Å². The van der Waals surface area contributed by atoms with Gasteiger partial charge in [0.1, 0.15) is 0 Å². The molecular formula is C12H22N2O. The minimum atomic E-state index is 0.164. The number of amides is 1. The molecule has 0 aliphatic heterocycles. The molecule has 0 aromatic rings. The van der Waals surface area contributed by atoms with Crippen molar-refractivity contribution in [3.05, 3.63) is 0 Å². The highest BCUT2D eigenvalue weighted by molar-refractivity contribution is 5.78. The molecule has 3 heteroatoms. The zero-order valence-electron chi connectivity index (χ0n) is 9.88. The molecule has 0 bridgehead atoms. The summed E-state index contributed by atoms with van der Waals surface area (Å²) in [7, 11) is 0. The molecule has 0 unspecified atom stereocenters.